The second-order valence-electron chi connectivity index (χ2n) is 5.84. The number of furan rings is 1. The van der Waals surface area contributed by atoms with Crippen LogP contribution < -0.4 is 10.3 Å². The third-order valence-corrected chi connectivity index (χ3v) is 4.27. The number of rotatable bonds is 7. The highest BCUT2D eigenvalue weighted by atomic mass is 16.5. The molecule has 0 spiro atoms. The lowest BCUT2D eigenvalue weighted by Crippen LogP contribution is -2.17. The molecule has 1 aromatic carbocycles. The molecule has 3 aromatic rings. The lowest BCUT2D eigenvalue weighted by Gasteiger charge is -2.13. The van der Waals surface area contributed by atoms with E-state index < -0.39 is 11.9 Å². The van der Waals surface area contributed by atoms with Gasteiger partial charge in [-0.15, -0.1) is 0 Å². The molecule has 0 amide bonds. The number of esters is 1. The average Bonchev–Trinajstić information content (AvgIpc) is 3.31. The number of methoxy groups -OCH3 is 2. The van der Waals surface area contributed by atoms with Crippen LogP contribution in [-0.2, 0) is 16.0 Å². The van der Waals surface area contributed by atoms with Gasteiger partial charge in [-0.25, -0.2) is 0 Å². The fourth-order valence-corrected chi connectivity index (χ4v) is 2.94. The van der Waals surface area contributed by atoms with E-state index in [4.69, 9.17) is 13.9 Å². The number of aromatic nitrogens is 2. The molecule has 7 nitrogen and oxygen atoms in total. The molecule has 0 saturated heterocycles. The van der Waals surface area contributed by atoms with Gasteiger partial charge in [0.25, 0.3) is 5.56 Å². The zero-order valence-electron chi connectivity index (χ0n) is 14.6. The summed E-state index contributed by atoms with van der Waals surface area (Å²) in [5, 5.41) is 5.54. The highest BCUT2D eigenvalue weighted by molar-refractivity contribution is 5.71. The van der Waals surface area contributed by atoms with Gasteiger partial charge < -0.3 is 19.0 Å². The van der Waals surface area contributed by atoms with Crippen LogP contribution in [-0.4, -0.2) is 30.4 Å². The normalized spacial score (nSPS) is 11.9. The summed E-state index contributed by atoms with van der Waals surface area (Å²) in [7, 11) is 2.93. The fraction of sp³-hybridized carbons (Fsp3) is 0.263. The largest absolute Gasteiger partial charge is 0.497 e. The number of hydrogen-bond donors (Lipinski definition) is 2. The molecule has 0 bridgehead atoms. The van der Waals surface area contributed by atoms with Crippen molar-refractivity contribution in [2.45, 2.75) is 18.8 Å². The Morgan fingerprint density at radius 1 is 1.15 bits per heavy atom. The Labute approximate surface area is 149 Å². The Hall–Kier alpha value is -3.22. The number of carbonyl (C=O) groups is 1. The summed E-state index contributed by atoms with van der Waals surface area (Å²) in [4.78, 5) is 24.3. The molecule has 2 heterocycles. The van der Waals surface area contributed by atoms with Crippen LogP contribution in [0.25, 0.3) is 0 Å². The van der Waals surface area contributed by atoms with Crippen LogP contribution in [0, 0.1) is 0 Å². The Bertz CT molecular complexity index is 906. The van der Waals surface area contributed by atoms with Crippen LogP contribution in [0.15, 0.2) is 51.9 Å². The van der Waals surface area contributed by atoms with Crippen molar-refractivity contribution in [1.29, 1.82) is 0 Å². The molecular formula is C19H20N2O5. The van der Waals surface area contributed by atoms with Gasteiger partial charge in [-0.1, -0.05) is 12.1 Å². The minimum absolute atomic E-state index is 0.0144. The molecule has 0 aliphatic carbocycles. The van der Waals surface area contributed by atoms with E-state index in [9.17, 15) is 9.59 Å². The molecule has 0 radical (unpaired) electrons. The molecule has 26 heavy (non-hydrogen) atoms. The van der Waals surface area contributed by atoms with E-state index in [0.29, 0.717) is 23.4 Å². The van der Waals surface area contributed by atoms with E-state index in [0.717, 1.165) is 11.3 Å². The summed E-state index contributed by atoms with van der Waals surface area (Å²) in [6.45, 7) is 0. The van der Waals surface area contributed by atoms with Crippen molar-refractivity contribution in [3.63, 3.8) is 0 Å². The van der Waals surface area contributed by atoms with Gasteiger partial charge in [0.2, 0.25) is 0 Å². The first-order chi connectivity index (χ1) is 12.6. The molecule has 0 saturated carbocycles. The monoisotopic (exact) mass is 356 g/mol. The van der Waals surface area contributed by atoms with Crippen LogP contribution in [0.3, 0.4) is 0 Å². The summed E-state index contributed by atoms with van der Waals surface area (Å²) in [5.74, 6) is 0.357. The minimum atomic E-state index is -0.527. The lowest BCUT2D eigenvalue weighted by molar-refractivity contribution is -0.140. The molecule has 3 rings (SSSR count). The summed E-state index contributed by atoms with van der Waals surface area (Å²) in [6, 6.07) is 11.0. The maximum atomic E-state index is 12.4. The number of H-pyrrole nitrogens is 2. The van der Waals surface area contributed by atoms with Crippen LogP contribution in [0.4, 0.5) is 0 Å². The quantitative estimate of drug-likeness (QED) is 0.634. The zero-order chi connectivity index (χ0) is 18.5. The topological polar surface area (TPSA) is 97.3 Å². The second kappa shape index (κ2) is 7.77. The zero-order valence-corrected chi connectivity index (χ0v) is 14.6. The third kappa shape index (κ3) is 3.72. The first-order valence-electron chi connectivity index (χ1n) is 8.15. The van der Waals surface area contributed by atoms with Crippen molar-refractivity contribution < 1.29 is 18.7 Å². The smallest absolute Gasteiger partial charge is 0.306 e. The standard InChI is InChI=1S/C19H20N2O5/c1-24-13-7-5-12(6-8-13)10-15-18(19(23)21-20-15)14(11-17(22)25-2)16-4-3-9-26-16/h3-9,14H,10-11H2,1-2H3,(H2,20,21,23)/t14-/m0/s1. The molecule has 0 aliphatic rings. The van der Waals surface area contributed by atoms with Gasteiger partial charge >= 0.3 is 5.97 Å². The molecular weight excluding hydrogens is 336 g/mol. The minimum Gasteiger partial charge on any atom is -0.497 e. The van der Waals surface area contributed by atoms with Crippen LogP contribution in [0.1, 0.15) is 34.9 Å². The number of aromatic amines is 2. The van der Waals surface area contributed by atoms with E-state index >= 15 is 0 Å². The summed E-state index contributed by atoms with van der Waals surface area (Å²) in [6.07, 6.45) is 2.03. The van der Waals surface area contributed by atoms with Gasteiger partial charge in [0, 0.05) is 12.1 Å². The van der Waals surface area contributed by atoms with E-state index in [1.54, 1.807) is 19.2 Å². The molecule has 7 heteroatoms. The number of hydrogen-bond acceptors (Lipinski definition) is 5. The fourth-order valence-electron chi connectivity index (χ4n) is 2.94. The van der Waals surface area contributed by atoms with Crippen LogP contribution >= 0.6 is 0 Å². The van der Waals surface area contributed by atoms with Gasteiger partial charge in [-0.2, -0.15) is 0 Å². The summed E-state index contributed by atoms with van der Waals surface area (Å²) >= 11 is 0. The van der Waals surface area contributed by atoms with Crippen molar-refractivity contribution in [2.24, 2.45) is 0 Å². The summed E-state index contributed by atoms with van der Waals surface area (Å²) < 4.78 is 15.4. The van der Waals surface area contributed by atoms with Gasteiger partial charge in [0.1, 0.15) is 11.5 Å². The highest BCUT2D eigenvalue weighted by Gasteiger charge is 2.27. The molecule has 2 N–H and O–H groups in total. The molecule has 0 unspecified atom stereocenters. The van der Waals surface area contributed by atoms with Gasteiger partial charge in [0.15, 0.2) is 0 Å². The van der Waals surface area contributed by atoms with E-state index in [2.05, 4.69) is 10.2 Å². The van der Waals surface area contributed by atoms with Crippen LogP contribution in [0.5, 0.6) is 5.75 Å². The van der Waals surface area contributed by atoms with Crippen molar-refractivity contribution in [3.05, 3.63) is 75.6 Å². The van der Waals surface area contributed by atoms with E-state index in [1.165, 1.54) is 13.4 Å². The molecule has 0 aliphatic heterocycles. The predicted octanol–water partition coefficient (Wildman–Crippen LogP) is 2.59. The van der Waals surface area contributed by atoms with E-state index in [1.807, 2.05) is 24.3 Å². The highest BCUT2D eigenvalue weighted by Crippen LogP contribution is 2.29. The number of nitrogens with one attached hydrogen (secondary N) is 2. The van der Waals surface area contributed by atoms with Crippen molar-refractivity contribution >= 4 is 5.97 Å². The van der Waals surface area contributed by atoms with Crippen molar-refractivity contribution in [3.8, 4) is 5.75 Å². The Morgan fingerprint density at radius 3 is 2.54 bits per heavy atom. The maximum Gasteiger partial charge on any atom is 0.306 e. The van der Waals surface area contributed by atoms with Gasteiger partial charge in [0.05, 0.1) is 38.4 Å². The second-order valence-corrected chi connectivity index (χ2v) is 5.84. The lowest BCUT2D eigenvalue weighted by atomic mass is 9.91. The maximum absolute atomic E-state index is 12.4. The third-order valence-electron chi connectivity index (χ3n) is 4.27. The van der Waals surface area contributed by atoms with Crippen molar-refractivity contribution in [1.82, 2.24) is 10.2 Å². The molecule has 1 atom stereocenters. The van der Waals surface area contributed by atoms with E-state index in [-0.39, 0.29) is 12.0 Å². The average molecular weight is 356 g/mol. The SMILES string of the molecule is COC(=O)C[C@@H](c1ccco1)c1c(Cc2ccc(OC)cc2)[nH][nH]c1=O. The number of ether oxygens (including phenoxy) is 2. The van der Waals surface area contributed by atoms with Crippen LogP contribution in [0.2, 0.25) is 0 Å². The Morgan fingerprint density at radius 2 is 1.92 bits per heavy atom. The molecule has 136 valence electrons. The number of carbonyl (C=O) groups excluding carboxylic acids is 1. The number of benzene rings is 1. The first-order valence-corrected chi connectivity index (χ1v) is 8.15. The van der Waals surface area contributed by atoms with Gasteiger partial charge in [-0.3, -0.25) is 14.7 Å². The Balaban J connectivity index is 1.95. The molecule has 0 fully saturated rings. The van der Waals surface area contributed by atoms with Crippen molar-refractivity contribution in [2.75, 3.05) is 14.2 Å². The van der Waals surface area contributed by atoms with Gasteiger partial charge in [-0.05, 0) is 29.8 Å². The molecule has 2 aromatic heterocycles. The predicted molar refractivity (Wildman–Crippen MR) is 94.4 cm³/mol. The first kappa shape index (κ1) is 17.6. The summed E-state index contributed by atoms with van der Waals surface area (Å²) in [5.41, 5.74) is 1.89. The Kier molecular flexibility index (Phi) is 5.26.